The lowest BCUT2D eigenvalue weighted by atomic mass is 10.0. The molecule has 1 rings (SSSR count). The number of nitrogens with zero attached hydrogens (tertiary/aromatic N) is 1. The predicted molar refractivity (Wildman–Crippen MR) is 48.8 cm³/mol. The summed E-state index contributed by atoms with van der Waals surface area (Å²) in [6.07, 6.45) is 0. The van der Waals surface area contributed by atoms with E-state index in [1.165, 1.54) is 0 Å². The molecule has 0 spiro atoms. The molecule has 0 aromatic rings. The maximum atomic E-state index is 11.2. The van der Waals surface area contributed by atoms with Crippen LogP contribution in [0.15, 0.2) is 0 Å². The summed E-state index contributed by atoms with van der Waals surface area (Å²) in [5.41, 5.74) is 0. The Morgan fingerprint density at radius 1 is 1.45 bits per heavy atom. The molecule has 0 aliphatic carbocycles. The molecular formula is C8H15NOS. The first-order chi connectivity index (χ1) is 5.15. The molecule has 1 aliphatic heterocycles. The van der Waals surface area contributed by atoms with Crippen molar-refractivity contribution in [1.29, 1.82) is 0 Å². The smallest absolute Gasteiger partial charge is 0.232 e. The van der Waals surface area contributed by atoms with E-state index in [0.29, 0.717) is 17.6 Å². The third kappa shape index (κ3) is 1.89. The molecule has 1 fully saturated rings. The van der Waals surface area contributed by atoms with Gasteiger partial charge >= 0.3 is 0 Å². The molecule has 1 amide bonds. The molecule has 0 aromatic carbocycles. The van der Waals surface area contributed by atoms with Gasteiger partial charge in [0.2, 0.25) is 5.91 Å². The van der Waals surface area contributed by atoms with Crippen molar-refractivity contribution in [2.75, 3.05) is 18.8 Å². The third-order valence-electron chi connectivity index (χ3n) is 2.48. The van der Waals surface area contributed by atoms with Crippen LogP contribution in [0.1, 0.15) is 13.8 Å². The van der Waals surface area contributed by atoms with E-state index in [-0.39, 0.29) is 5.91 Å². The summed E-state index contributed by atoms with van der Waals surface area (Å²) in [6.45, 7) is 6.22. The van der Waals surface area contributed by atoms with Crippen LogP contribution in [-0.2, 0) is 4.79 Å². The van der Waals surface area contributed by atoms with Gasteiger partial charge < -0.3 is 4.90 Å². The van der Waals surface area contributed by atoms with Crippen LogP contribution in [-0.4, -0.2) is 29.6 Å². The summed E-state index contributed by atoms with van der Waals surface area (Å²) in [5, 5.41) is 0. The van der Waals surface area contributed by atoms with Gasteiger partial charge in [-0.05, 0) is 11.8 Å². The zero-order valence-corrected chi connectivity index (χ0v) is 7.97. The van der Waals surface area contributed by atoms with Crippen molar-refractivity contribution in [1.82, 2.24) is 4.90 Å². The predicted octanol–water partition coefficient (Wildman–Crippen LogP) is 1.03. The highest BCUT2D eigenvalue weighted by Crippen LogP contribution is 2.21. The number of carbonyl (C=O) groups is 1. The normalized spacial score (nSPS) is 31.0. The molecule has 1 aliphatic rings. The lowest BCUT2D eigenvalue weighted by Crippen LogP contribution is -2.29. The fourth-order valence-electron chi connectivity index (χ4n) is 1.43. The Labute approximate surface area is 73.4 Å². The average Bonchev–Trinajstić information content (AvgIpc) is 2.31. The Morgan fingerprint density at radius 2 is 1.91 bits per heavy atom. The Bertz CT molecular complexity index is 150. The van der Waals surface area contributed by atoms with Crippen LogP contribution in [0.4, 0.5) is 0 Å². The number of likely N-dealkylation sites (tertiary alicyclic amines) is 1. The number of rotatable bonds is 1. The highest BCUT2D eigenvalue weighted by Gasteiger charge is 2.28. The van der Waals surface area contributed by atoms with E-state index in [1.54, 1.807) is 0 Å². The summed E-state index contributed by atoms with van der Waals surface area (Å²) in [5.74, 6) is 1.82. The van der Waals surface area contributed by atoms with Crippen molar-refractivity contribution in [2.24, 2.45) is 11.8 Å². The topological polar surface area (TPSA) is 20.3 Å². The second-order valence-electron chi connectivity index (χ2n) is 3.41. The molecule has 0 bridgehead atoms. The summed E-state index contributed by atoms with van der Waals surface area (Å²) >= 11 is 3.96. The molecule has 1 heterocycles. The zero-order valence-electron chi connectivity index (χ0n) is 7.08. The van der Waals surface area contributed by atoms with Gasteiger partial charge in [-0.1, -0.05) is 13.8 Å². The first-order valence-electron chi connectivity index (χ1n) is 4.03. The van der Waals surface area contributed by atoms with Crippen LogP contribution in [0, 0.1) is 11.8 Å². The van der Waals surface area contributed by atoms with E-state index in [2.05, 4.69) is 26.5 Å². The van der Waals surface area contributed by atoms with E-state index in [9.17, 15) is 4.79 Å². The fourth-order valence-corrected chi connectivity index (χ4v) is 1.63. The fraction of sp³-hybridized carbons (Fsp3) is 0.875. The van der Waals surface area contributed by atoms with E-state index in [1.807, 2.05) is 4.90 Å². The standard InChI is InChI=1S/C8H15NOS/c1-6-3-9(4-7(6)2)8(10)5-11/h6-7,11H,3-5H2,1-2H3. The molecule has 3 heteroatoms. The van der Waals surface area contributed by atoms with Crippen LogP contribution >= 0.6 is 12.6 Å². The van der Waals surface area contributed by atoms with Gasteiger partial charge in [-0.15, -0.1) is 0 Å². The molecule has 0 N–H and O–H groups in total. The molecule has 2 atom stereocenters. The molecule has 0 saturated carbocycles. The maximum Gasteiger partial charge on any atom is 0.232 e. The van der Waals surface area contributed by atoms with Gasteiger partial charge in [-0.2, -0.15) is 12.6 Å². The molecule has 0 aromatic heterocycles. The highest BCUT2D eigenvalue weighted by atomic mass is 32.1. The summed E-state index contributed by atoms with van der Waals surface area (Å²) in [6, 6.07) is 0. The first-order valence-corrected chi connectivity index (χ1v) is 4.67. The third-order valence-corrected chi connectivity index (χ3v) is 2.75. The molecule has 2 nitrogen and oxygen atoms in total. The van der Waals surface area contributed by atoms with Crippen LogP contribution in [0.2, 0.25) is 0 Å². The van der Waals surface area contributed by atoms with Crippen molar-refractivity contribution < 1.29 is 4.79 Å². The van der Waals surface area contributed by atoms with Crippen molar-refractivity contribution in [3.63, 3.8) is 0 Å². The molecule has 0 radical (unpaired) electrons. The van der Waals surface area contributed by atoms with Crippen LogP contribution in [0.3, 0.4) is 0 Å². The Balaban J connectivity index is 2.46. The second kappa shape index (κ2) is 3.48. The average molecular weight is 173 g/mol. The quantitative estimate of drug-likeness (QED) is 0.587. The van der Waals surface area contributed by atoms with Crippen LogP contribution in [0.25, 0.3) is 0 Å². The molecule has 11 heavy (non-hydrogen) atoms. The van der Waals surface area contributed by atoms with Crippen molar-refractivity contribution in [2.45, 2.75) is 13.8 Å². The van der Waals surface area contributed by atoms with Crippen molar-refractivity contribution in [3.8, 4) is 0 Å². The lowest BCUT2D eigenvalue weighted by Gasteiger charge is -2.13. The number of carbonyl (C=O) groups excluding carboxylic acids is 1. The maximum absolute atomic E-state index is 11.2. The van der Waals surface area contributed by atoms with Gasteiger partial charge in [0, 0.05) is 13.1 Å². The monoisotopic (exact) mass is 173 g/mol. The molecule has 1 saturated heterocycles. The second-order valence-corrected chi connectivity index (χ2v) is 3.73. The first kappa shape index (κ1) is 8.91. The van der Waals surface area contributed by atoms with Gasteiger partial charge in [0.15, 0.2) is 0 Å². The van der Waals surface area contributed by atoms with Crippen LogP contribution < -0.4 is 0 Å². The molecule has 2 unspecified atom stereocenters. The van der Waals surface area contributed by atoms with E-state index in [0.717, 1.165) is 13.1 Å². The molecule has 64 valence electrons. The summed E-state index contributed by atoms with van der Waals surface area (Å²) in [7, 11) is 0. The lowest BCUT2D eigenvalue weighted by molar-refractivity contribution is -0.127. The van der Waals surface area contributed by atoms with Crippen molar-refractivity contribution in [3.05, 3.63) is 0 Å². The number of amides is 1. The van der Waals surface area contributed by atoms with Gasteiger partial charge in [0.25, 0.3) is 0 Å². The van der Waals surface area contributed by atoms with Gasteiger partial charge in [0.1, 0.15) is 0 Å². The van der Waals surface area contributed by atoms with E-state index >= 15 is 0 Å². The minimum absolute atomic E-state index is 0.171. The Morgan fingerprint density at radius 3 is 2.27 bits per heavy atom. The van der Waals surface area contributed by atoms with Gasteiger partial charge in [-0.3, -0.25) is 4.79 Å². The van der Waals surface area contributed by atoms with E-state index < -0.39 is 0 Å². The zero-order chi connectivity index (χ0) is 8.43. The Hall–Kier alpha value is -0.180. The minimum Gasteiger partial charge on any atom is -0.341 e. The van der Waals surface area contributed by atoms with Gasteiger partial charge in [0.05, 0.1) is 5.75 Å². The number of thiol groups is 1. The molecular weight excluding hydrogens is 158 g/mol. The Kier molecular flexibility index (Phi) is 2.82. The summed E-state index contributed by atoms with van der Waals surface area (Å²) in [4.78, 5) is 13.1. The largest absolute Gasteiger partial charge is 0.341 e. The van der Waals surface area contributed by atoms with Crippen molar-refractivity contribution >= 4 is 18.5 Å². The van der Waals surface area contributed by atoms with Crippen LogP contribution in [0.5, 0.6) is 0 Å². The van der Waals surface area contributed by atoms with E-state index in [4.69, 9.17) is 0 Å². The highest BCUT2D eigenvalue weighted by molar-refractivity contribution is 7.81. The number of hydrogen-bond acceptors (Lipinski definition) is 2. The SMILES string of the molecule is CC1CN(C(=O)CS)CC1C. The van der Waals surface area contributed by atoms with Gasteiger partial charge in [-0.25, -0.2) is 0 Å². The minimum atomic E-state index is 0.171. The number of hydrogen-bond donors (Lipinski definition) is 1. The summed E-state index contributed by atoms with van der Waals surface area (Å²) < 4.78 is 0.